The van der Waals surface area contributed by atoms with E-state index in [1.54, 1.807) is 0 Å². The highest BCUT2D eigenvalue weighted by Crippen LogP contribution is 2.08. The molecule has 0 bridgehead atoms. The second kappa shape index (κ2) is 7.38. The lowest BCUT2D eigenvalue weighted by Crippen LogP contribution is -2.03. The van der Waals surface area contributed by atoms with Crippen molar-refractivity contribution in [3.63, 3.8) is 0 Å². The van der Waals surface area contributed by atoms with Gasteiger partial charge in [-0.15, -0.1) is 5.10 Å². The van der Waals surface area contributed by atoms with Crippen molar-refractivity contribution in [3.05, 3.63) is 23.9 Å². The van der Waals surface area contributed by atoms with Crippen molar-refractivity contribution < 1.29 is 0 Å². The van der Waals surface area contributed by atoms with Gasteiger partial charge in [-0.25, -0.2) is 4.52 Å². The largest absolute Gasteiger partial charge is 0.353 e. The molecule has 0 fully saturated rings. The molecular formula is C14H22N4S. The molecule has 5 heteroatoms. The fraction of sp³-hybridized carbons (Fsp3) is 0.571. The zero-order chi connectivity index (χ0) is 13.5. The summed E-state index contributed by atoms with van der Waals surface area (Å²) < 4.78 is 1.83. The Morgan fingerprint density at radius 2 is 2.05 bits per heavy atom. The second-order valence-corrected chi connectivity index (χ2v) is 5.76. The number of rotatable bonds is 8. The SMILES string of the molecule is CSCCCCCCNc1nc2ccc(C)cn2n1. The fourth-order valence-electron chi connectivity index (χ4n) is 1.99. The van der Waals surface area contributed by atoms with Crippen LogP contribution >= 0.6 is 11.8 Å². The van der Waals surface area contributed by atoms with Gasteiger partial charge in [-0.2, -0.15) is 16.7 Å². The Labute approximate surface area is 119 Å². The second-order valence-electron chi connectivity index (χ2n) is 4.78. The van der Waals surface area contributed by atoms with Gasteiger partial charge in [0, 0.05) is 12.7 Å². The maximum atomic E-state index is 4.44. The highest BCUT2D eigenvalue weighted by Gasteiger charge is 2.02. The summed E-state index contributed by atoms with van der Waals surface area (Å²) >= 11 is 1.93. The molecule has 2 aromatic heterocycles. The van der Waals surface area contributed by atoms with Crippen molar-refractivity contribution in [1.82, 2.24) is 14.6 Å². The van der Waals surface area contributed by atoms with E-state index in [0.717, 1.165) is 18.1 Å². The molecule has 104 valence electrons. The van der Waals surface area contributed by atoms with Crippen LogP contribution in [0.1, 0.15) is 31.2 Å². The molecule has 0 unspecified atom stereocenters. The molecular weight excluding hydrogens is 256 g/mol. The highest BCUT2D eigenvalue weighted by molar-refractivity contribution is 7.98. The highest BCUT2D eigenvalue weighted by atomic mass is 32.2. The third-order valence-electron chi connectivity index (χ3n) is 3.04. The van der Waals surface area contributed by atoms with Gasteiger partial charge in [-0.05, 0) is 43.4 Å². The van der Waals surface area contributed by atoms with E-state index in [9.17, 15) is 0 Å². The van der Waals surface area contributed by atoms with Crippen LogP contribution in [0.2, 0.25) is 0 Å². The third-order valence-corrected chi connectivity index (χ3v) is 3.73. The molecule has 0 radical (unpaired) electrons. The van der Waals surface area contributed by atoms with Crippen LogP contribution in [0.5, 0.6) is 0 Å². The van der Waals surface area contributed by atoms with Crippen LogP contribution in [0.4, 0.5) is 5.95 Å². The lowest BCUT2D eigenvalue weighted by Gasteiger charge is -2.01. The number of anilines is 1. The molecule has 1 N–H and O–H groups in total. The molecule has 0 amide bonds. The Kier molecular flexibility index (Phi) is 5.51. The number of aromatic nitrogens is 3. The van der Waals surface area contributed by atoms with Gasteiger partial charge in [-0.1, -0.05) is 18.9 Å². The maximum Gasteiger partial charge on any atom is 0.243 e. The van der Waals surface area contributed by atoms with Crippen LogP contribution in [0.3, 0.4) is 0 Å². The summed E-state index contributed by atoms with van der Waals surface area (Å²) in [6.45, 7) is 3.01. The molecule has 0 saturated carbocycles. The third kappa shape index (κ3) is 4.42. The molecule has 0 aliphatic carbocycles. The summed E-state index contributed by atoms with van der Waals surface area (Å²) in [5.74, 6) is 2.01. The standard InChI is InChI=1S/C14H22N4S/c1-12-7-8-13-16-14(17-18(13)11-12)15-9-5-3-4-6-10-19-2/h7-8,11H,3-6,9-10H2,1-2H3,(H,15,17). The predicted molar refractivity (Wildman–Crippen MR) is 83.1 cm³/mol. The van der Waals surface area contributed by atoms with E-state index in [1.165, 1.54) is 37.0 Å². The molecule has 2 heterocycles. The van der Waals surface area contributed by atoms with Crippen LogP contribution in [-0.2, 0) is 0 Å². The Morgan fingerprint density at radius 3 is 2.89 bits per heavy atom. The van der Waals surface area contributed by atoms with E-state index in [-0.39, 0.29) is 0 Å². The van der Waals surface area contributed by atoms with Crippen molar-refractivity contribution in [1.29, 1.82) is 0 Å². The van der Waals surface area contributed by atoms with Crippen LogP contribution in [-0.4, -0.2) is 33.2 Å². The minimum absolute atomic E-state index is 0.731. The Morgan fingerprint density at radius 1 is 1.21 bits per heavy atom. The van der Waals surface area contributed by atoms with E-state index in [2.05, 4.69) is 34.6 Å². The Balaban J connectivity index is 1.72. The van der Waals surface area contributed by atoms with Gasteiger partial charge in [0.2, 0.25) is 5.95 Å². The first-order chi connectivity index (χ1) is 9.29. The minimum atomic E-state index is 0.731. The first-order valence-corrected chi connectivity index (χ1v) is 8.25. The monoisotopic (exact) mass is 278 g/mol. The van der Waals surface area contributed by atoms with Crippen molar-refractivity contribution >= 4 is 23.4 Å². The van der Waals surface area contributed by atoms with Gasteiger partial charge < -0.3 is 5.32 Å². The summed E-state index contributed by atoms with van der Waals surface area (Å²) in [6.07, 6.45) is 9.27. The molecule has 0 spiro atoms. The molecule has 2 rings (SSSR count). The number of pyridine rings is 1. The van der Waals surface area contributed by atoms with Gasteiger partial charge in [-0.3, -0.25) is 0 Å². The molecule has 0 saturated heterocycles. The maximum absolute atomic E-state index is 4.44. The van der Waals surface area contributed by atoms with E-state index < -0.39 is 0 Å². The zero-order valence-corrected chi connectivity index (χ0v) is 12.5. The first kappa shape index (κ1) is 14.2. The molecule has 0 atom stereocenters. The number of nitrogens with one attached hydrogen (secondary N) is 1. The van der Waals surface area contributed by atoms with E-state index >= 15 is 0 Å². The predicted octanol–water partition coefficient (Wildman–Crippen LogP) is 3.37. The minimum Gasteiger partial charge on any atom is -0.353 e. The summed E-state index contributed by atoms with van der Waals surface area (Å²) in [6, 6.07) is 4.05. The average molecular weight is 278 g/mol. The van der Waals surface area contributed by atoms with Crippen molar-refractivity contribution in [2.24, 2.45) is 0 Å². The van der Waals surface area contributed by atoms with Crippen LogP contribution in [0, 0.1) is 6.92 Å². The molecule has 19 heavy (non-hydrogen) atoms. The summed E-state index contributed by atoms with van der Waals surface area (Å²) in [4.78, 5) is 4.44. The molecule has 2 aromatic rings. The Hall–Kier alpha value is -1.23. The lowest BCUT2D eigenvalue weighted by molar-refractivity contribution is 0.687. The summed E-state index contributed by atoms with van der Waals surface area (Å²) in [7, 11) is 0. The fourth-order valence-corrected chi connectivity index (χ4v) is 2.48. The topological polar surface area (TPSA) is 42.2 Å². The van der Waals surface area contributed by atoms with E-state index in [0.29, 0.717) is 0 Å². The Bertz CT molecular complexity index is 509. The van der Waals surface area contributed by atoms with Crippen LogP contribution < -0.4 is 5.32 Å². The first-order valence-electron chi connectivity index (χ1n) is 6.85. The molecule has 0 aromatic carbocycles. The molecule has 0 aliphatic rings. The van der Waals surface area contributed by atoms with Crippen molar-refractivity contribution in [3.8, 4) is 0 Å². The van der Waals surface area contributed by atoms with Gasteiger partial charge in [0.05, 0.1) is 0 Å². The summed E-state index contributed by atoms with van der Waals surface area (Å²) in [5.41, 5.74) is 2.09. The number of fused-ring (bicyclic) bond motifs is 1. The number of hydrogen-bond acceptors (Lipinski definition) is 4. The zero-order valence-electron chi connectivity index (χ0n) is 11.7. The molecule has 0 aliphatic heterocycles. The average Bonchev–Trinajstić information content (AvgIpc) is 2.79. The smallest absolute Gasteiger partial charge is 0.243 e. The number of unbranched alkanes of at least 4 members (excludes halogenated alkanes) is 3. The summed E-state index contributed by atoms with van der Waals surface area (Å²) in [5, 5.41) is 7.71. The van der Waals surface area contributed by atoms with Crippen LogP contribution in [0.15, 0.2) is 18.3 Å². The number of nitrogens with zero attached hydrogens (tertiary/aromatic N) is 3. The van der Waals surface area contributed by atoms with E-state index in [4.69, 9.17) is 0 Å². The quantitative estimate of drug-likeness (QED) is 0.752. The van der Waals surface area contributed by atoms with Gasteiger partial charge >= 0.3 is 0 Å². The van der Waals surface area contributed by atoms with Gasteiger partial charge in [0.15, 0.2) is 5.65 Å². The van der Waals surface area contributed by atoms with E-state index in [1.807, 2.05) is 28.5 Å². The lowest BCUT2D eigenvalue weighted by atomic mass is 10.2. The number of hydrogen-bond donors (Lipinski definition) is 1. The number of aryl methyl sites for hydroxylation is 1. The van der Waals surface area contributed by atoms with Crippen molar-refractivity contribution in [2.45, 2.75) is 32.6 Å². The normalized spacial score (nSPS) is 11.1. The van der Waals surface area contributed by atoms with Crippen molar-refractivity contribution in [2.75, 3.05) is 23.9 Å². The van der Waals surface area contributed by atoms with Crippen LogP contribution in [0.25, 0.3) is 5.65 Å². The van der Waals surface area contributed by atoms with Gasteiger partial charge in [0.25, 0.3) is 0 Å². The molecule has 4 nitrogen and oxygen atoms in total. The number of thioether (sulfide) groups is 1. The van der Waals surface area contributed by atoms with Gasteiger partial charge in [0.1, 0.15) is 0 Å².